The van der Waals surface area contributed by atoms with E-state index in [1.807, 2.05) is 13.0 Å². The predicted octanol–water partition coefficient (Wildman–Crippen LogP) is 4.40. The van der Waals surface area contributed by atoms with Gasteiger partial charge in [0.15, 0.2) is 5.78 Å². The van der Waals surface area contributed by atoms with Crippen molar-refractivity contribution in [2.45, 2.75) is 31.8 Å². The second kappa shape index (κ2) is 7.24. The van der Waals surface area contributed by atoms with Gasteiger partial charge >= 0.3 is 5.63 Å². The smallest absolute Gasteiger partial charge is 0.349 e. The van der Waals surface area contributed by atoms with E-state index in [1.54, 1.807) is 41.3 Å². The summed E-state index contributed by atoms with van der Waals surface area (Å²) in [5.41, 5.74) is 0.517. The maximum Gasteiger partial charge on any atom is 0.349 e. The number of halogens is 1. The molecule has 3 aromatic rings. The van der Waals surface area contributed by atoms with Crippen molar-refractivity contribution in [3.8, 4) is 5.75 Å². The molecule has 0 aliphatic carbocycles. The van der Waals surface area contributed by atoms with Crippen LogP contribution in [0, 0.1) is 6.92 Å². The zero-order chi connectivity index (χ0) is 21.8. The normalized spacial score (nSPS) is 17.5. The molecule has 0 N–H and O–H groups in total. The standard InChI is InChI=1S/C24H20ClNO5/c1-14-10-16(25)12-17-19(27)13-24(31-21(14)17)6-8-26(9-7-24)22(28)18-11-15-4-2-3-5-20(15)30-23(18)29/h2-5,10-12H,6-9,13H2,1H3. The highest BCUT2D eigenvalue weighted by Gasteiger charge is 2.44. The van der Waals surface area contributed by atoms with Crippen molar-refractivity contribution in [3.05, 3.63) is 74.6 Å². The van der Waals surface area contributed by atoms with Gasteiger partial charge in [-0.1, -0.05) is 29.8 Å². The zero-order valence-electron chi connectivity index (χ0n) is 16.9. The van der Waals surface area contributed by atoms with Crippen LogP contribution in [0.4, 0.5) is 0 Å². The minimum atomic E-state index is -0.645. The molecule has 1 aromatic heterocycles. The molecule has 0 atom stereocenters. The molecule has 1 amide bonds. The molecule has 2 aliphatic heterocycles. The molecule has 2 aromatic carbocycles. The van der Waals surface area contributed by atoms with Crippen LogP contribution in [0.15, 0.2) is 51.7 Å². The highest BCUT2D eigenvalue weighted by atomic mass is 35.5. The number of benzene rings is 2. The molecule has 6 nitrogen and oxygen atoms in total. The van der Waals surface area contributed by atoms with Crippen LogP contribution in [0.25, 0.3) is 11.0 Å². The van der Waals surface area contributed by atoms with Gasteiger partial charge in [-0.3, -0.25) is 9.59 Å². The summed E-state index contributed by atoms with van der Waals surface area (Å²) in [6, 6.07) is 12.1. The van der Waals surface area contributed by atoms with Crippen molar-refractivity contribution in [1.82, 2.24) is 4.90 Å². The Bertz CT molecular complexity index is 1290. The van der Waals surface area contributed by atoms with Gasteiger partial charge in [0.1, 0.15) is 22.5 Å². The maximum atomic E-state index is 13.0. The fourth-order valence-electron chi connectivity index (χ4n) is 4.49. The summed E-state index contributed by atoms with van der Waals surface area (Å²) in [5.74, 6) is 0.220. The van der Waals surface area contributed by atoms with E-state index in [1.165, 1.54) is 0 Å². The Morgan fingerprint density at radius 1 is 1.10 bits per heavy atom. The molecule has 1 saturated heterocycles. The first-order valence-corrected chi connectivity index (χ1v) is 10.6. The average Bonchev–Trinajstić information content (AvgIpc) is 2.74. The van der Waals surface area contributed by atoms with E-state index in [0.717, 1.165) is 5.56 Å². The lowest BCUT2D eigenvalue weighted by Crippen LogP contribution is -2.52. The first-order valence-electron chi connectivity index (χ1n) is 10.2. The van der Waals surface area contributed by atoms with Gasteiger partial charge in [0, 0.05) is 36.3 Å². The number of fused-ring (bicyclic) bond motifs is 2. The van der Waals surface area contributed by atoms with Crippen LogP contribution in [-0.4, -0.2) is 35.3 Å². The van der Waals surface area contributed by atoms with Gasteiger partial charge in [-0.2, -0.15) is 0 Å². The fourth-order valence-corrected chi connectivity index (χ4v) is 4.76. The molecule has 0 saturated carbocycles. The Labute approximate surface area is 183 Å². The molecule has 0 bridgehead atoms. The second-order valence-electron chi connectivity index (χ2n) is 8.26. The van der Waals surface area contributed by atoms with Crippen molar-refractivity contribution >= 4 is 34.3 Å². The number of hydrogen-bond donors (Lipinski definition) is 0. The Hall–Kier alpha value is -3.12. The van der Waals surface area contributed by atoms with Crippen molar-refractivity contribution in [2.75, 3.05) is 13.1 Å². The third-order valence-corrected chi connectivity index (χ3v) is 6.39. The van der Waals surface area contributed by atoms with E-state index in [9.17, 15) is 14.4 Å². The number of piperidine rings is 1. The molecule has 158 valence electrons. The van der Waals surface area contributed by atoms with Gasteiger partial charge in [-0.05, 0) is 36.8 Å². The minimum absolute atomic E-state index is 0.00167. The van der Waals surface area contributed by atoms with E-state index < -0.39 is 11.2 Å². The largest absolute Gasteiger partial charge is 0.486 e. The number of hydrogen-bond acceptors (Lipinski definition) is 5. The van der Waals surface area contributed by atoms with E-state index in [2.05, 4.69) is 0 Å². The number of Topliss-reactive ketones (excluding diaryl/α,β-unsaturated/α-hetero) is 1. The van der Waals surface area contributed by atoms with E-state index in [4.69, 9.17) is 20.8 Å². The Morgan fingerprint density at radius 2 is 1.84 bits per heavy atom. The Balaban J connectivity index is 1.37. The number of aryl methyl sites for hydroxylation is 1. The number of ether oxygens (including phenoxy) is 1. The van der Waals surface area contributed by atoms with Crippen LogP contribution in [0.5, 0.6) is 5.75 Å². The summed E-state index contributed by atoms with van der Waals surface area (Å²) < 4.78 is 11.6. The predicted molar refractivity (Wildman–Crippen MR) is 116 cm³/mol. The first kappa shape index (κ1) is 19.8. The molecule has 0 radical (unpaired) electrons. The van der Waals surface area contributed by atoms with Gasteiger partial charge in [-0.25, -0.2) is 4.79 Å². The van der Waals surface area contributed by atoms with Crippen molar-refractivity contribution in [1.29, 1.82) is 0 Å². The summed E-state index contributed by atoms with van der Waals surface area (Å²) in [5, 5.41) is 1.21. The number of likely N-dealkylation sites (tertiary alicyclic amines) is 1. The SMILES string of the molecule is Cc1cc(Cl)cc2c1OC1(CCN(C(=O)c3cc4ccccc4oc3=O)CC1)CC2=O. The molecule has 5 rings (SSSR count). The highest BCUT2D eigenvalue weighted by molar-refractivity contribution is 6.31. The number of ketones is 1. The van der Waals surface area contributed by atoms with Crippen molar-refractivity contribution < 1.29 is 18.7 Å². The minimum Gasteiger partial charge on any atom is -0.486 e. The average molecular weight is 438 g/mol. The Kier molecular flexibility index (Phi) is 4.63. The number of nitrogens with zero attached hydrogens (tertiary/aromatic N) is 1. The number of rotatable bonds is 1. The fraction of sp³-hybridized carbons (Fsp3) is 0.292. The Morgan fingerprint density at radius 3 is 2.61 bits per heavy atom. The van der Waals surface area contributed by atoms with Gasteiger partial charge in [0.05, 0.1) is 12.0 Å². The van der Waals surface area contributed by atoms with E-state index in [0.29, 0.717) is 53.2 Å². The van der Waals surface area contributed by atoms with Gasteiger partial charge < -0.3 is 14.1 Å². The zero-order valence-corrected chi connectivity index (χ0v) is 17.7. The van der Waals surface area contributed by atoms with Gasteiger partial charge in [0.25, 0.3) is 5.91 Å². The number of carbonyl (C=O) groups excluding carboxylic acids is 2. The van der Waals surface area contributed by atoms with E-state index >= 15 is 0 Å². The summed E-state index contributed by atoms with van der Waals surface area (Å²) in [6.07, 6.45) is 1.26. The first-order chi connectivity index (χ1) is 14.8. The monoisotopic (exact) mass is 437 g/mol. The molecule has 31 heavy (non-hydrogen) atoms. The third-order valence-electron chi connectivity index (χ3n) is 6.17. The van der Waals surface area contributed by atoms with Crippen molar-refractivity contribution in [2.24, 2.45) is 0 Å². The van der Waals surface area contributed by atoms with Crippen LogP contribution in [0.1, 0.15) is 45.5 Å². The van der Waals surface area contributed by atoms with Crippen LogP contribution in [0.2, 0.25) is 5.02 Å². The van der Waals surface area contributed by atoms with E-state index in [-0.39, 0.29) is 23.7 Å². The van der Waals surface area contributed by atoms with Crippen LogP contribution in [0.3, 0.4) is 0 Å². The summed E-state index contributed by atoms with van der Waals surface area (Å²) in [7, 11) is 0. The molecule has 1 spiro atoms. The molecule has 3 heterocycles. The van der Waals surface area contributed by atoms with Gasteiger partial charge in [-0.15, -0.1) is 0 Å². The van der Waals surface area contributed by atoms with Crippen LogP contribution in [-0.2, 0) is 0 Å². The molecule has 7 heteroatoms. The lowest BCUT2D eigenvalue weighted by molar-refractivity contribution is -0.00624. The summed E-state index contributed by atoms with van der Waals surface area (Å²) >= 11 is 6.10. The molecule has 2 aliphatic rings. The number of para-hydroxylation sites is 1. The topological polar surface area (TPSA) is 76.8 Å². The summed E-state index contributed by atoms with van der Waals surface area (Å²) in [6.45, 7) is 2.65. The summed E-state index contributed by atoms with van der Waals surface area (Å²) in [4.78, 5) is 39.8. The maximum absolute atomic E-state index is 13.0. The highest BCUT2D eigenvalue weighted by Crippen LogP contribution is 2.42. The third kappa shape index (κ3) is 3.41. The number of amides is 1. The lowest BCUT2D eigenvalue weighted by atomic mass is 9.82. The molecular weight excluding hydrogens is 418 g/mol. The van der Waals surface area contributed by atoms with Crippen molar-refractivity contribution in [3.63, 3.8) is 0 Å². The molecular formula is C24H20ClNO5. The van der Waals surface area contributed by atoms with Crippen LogP contribution >= 0.6 is 11.6 Å². The second-order valence-corrected chi connectivity index (χ2v) is 8.70. The van der Waals surface area contributed by atoms with Crippen LogP contribution < -0.4 is 10.4 Å². The quantitative estimate of drug-likeness (QED) is 0.527. The number of carbonyl (C=O) groups is 2. The molecule has 1 fully saturated rings. The van der Waals surface area contributed by atoms with Gasteiger partial charge in [0.2, 0.25) is 0 Å². The molecule has 0 unspecified atom stereocenters. The lowest BCUT2D eigenvalue weighted by Gasteiger charge is -2.44.